The van der Waals surface area contributed by atoms with Crippen molar-refractivity contribution in [2.24, 2.45) is 17.8 Å². The molecule has 1 fully saturated rings. The molecule has 1 aliphatic rings. The highest BCUT2D eigenvalue weighted by atomic mass is 14.9. The van der Waals surface area contributed by atoms with E-state index in [1.807, 2.05) is 0 Å². The predicted molar refractivity (Wildman–Crippen MR) is 90.4 cm³/mol. The van der Waals surface area contributed by atoms with E-state index in [-0.39, 0.29) is 0 Å². The van der Waals surface area contributed by atoms with Gasteiger partial charge in [-0.2, -0.15) is 0 Å². The second kappa shape index (κ2) is 7.40. The summed E-state index contributed by atoms with van der Waals surface area (Å²) in [5, 5.41) is 3.82. The molecule has 0 amide bonds. The summed E-state index contributed by atoms with van der Waals surface area (Å²) in [5.41, 5.74) is 3.73. The SMILES string of the molecule is CCCNC(c1cc(C)nc(C)c1)C1CCC(C)C(C)C1. The zero-order valence-electron chi connectivity index (χ0n) is 14.4. The third-order valence-corrected chi connectivity index (χ3v) is 5.19. The van der Waals surface area contributed by atoms with E-state index in [0.717, 1.165) is 35.7 Å². The van der Waals surface area contributed by atoms with Crippen LogP contribution in [0.3, 0.4) is 0 Å². The summed E-state index contributed by atoms with van der Waals surface area (Å²) in [7, 11) is 0. The molecule has 118 valence electrons. The maximum Gasteiger partial charge on any atom is 0.0379 e. The zero-order chi connectivity index (χ0) is 15.4. The Balaban J connectivity index is 2.21. The molecule has 0 radical (unpaired) electrons. The molecular formula is C19H32N2. The fraction of sp³-hybridized carbons (Fsp3) is 0.737. The van der Waals surface area contributed by atoms with Gasteiger partial charge in [0.25, 0.3) is 0 Å². The second-order valence-corrected chi connectivity index (χ2v) is 7.14. The van der Waals surface area contributed by atoms with Crippen LogP contribution in [0.1, 0.15) is 69.4 Å². The highest BCUT2D eigenvalue weighted by Crippen LogP contribution is 2.40. The van der Waals surface area contributed by atoms with E-state index in [1.165, 1.54) is 31.2 Å². The van der Waals surface area contributed by atoms with Gasteiger partial charge in [-0.25, -0.2) is 0 Å². The maximum atomic E-state index is 4.54. The Morgan fingerprint density at radius 3 is 2.38 bits per heavy atom. The number of hydrogen-bond acceptors (Lipinski definition) is 2. The molecule has 0 aliphatic heterocycles. The summed E-state index contributed by atoms with van der Waals surface area (Å²) < 4.78 is 0. The minimum absolute atomic E-state index is 0.500. The van der Waals surface area contributed by atoms with Gasteiger partial charge in [-0.3, -0.25) is 4.98 Å². The third-order valence-electron chi connectivity index (χ3n) is 5.19. The van der Waals surface area contributed by atoms with Crippen molar-refractivity contribution in [3.8, 4) is 0 Å². The quantitative estimate of drug-likeness (QED) is 0.841. The van der Waals surface area contributed by atoms with Crippen molar-refractivity contribution in [2.45, 2.75) is 66.3 Å². The van der Waals surface area contributed by atoms with Crippen LogP contribution < -0.4 is 5.32 Å². The molecule has 0 spiro atoms. The van der Waals surface area contributed by atoms with Gasteiger partial charge >= 0.3 is 0 Å². The standard InChI is InChI=1S/C19H32N2/c1-6-9-20-19(17-8-7-13(2)14(3)10-17)18-11-15(4)21-16(5)12-18/h11-14,17,19-20H,6-10H2,1-5H3. The molecule has 2 rings (SSSR count). The van der Waals surface area contributed by atoms with Gasteiger partial charge in [-0.1, -0.05) is 27.2 Å². The predicted octanol–water partition coefficient (Wildman–Crippen LogP) is 4.81. The Kier molecular flexibility index (Phi) is 5.80. The number of rotatable bonds is 5. The number of aromatic nitrogens is 1. The Morgan fingerprint density at radius 1 is 1.14 bits per heavy atom. The highest BCUT2D eigenvalue weighted by molar-refractivity contribution is 5.24. The first-order valence-corrected chi connectivity index (χ1v) is 8.69. The fourth-order valence-corrected chi connectivity index (χ4v) is 3.79. The molecule has 1 aliphatic carbocycles. The Labute approximate surface area is 130 Å². The van der Waals surface area contributed by atoms with E-state index in [1.54, 1.807) is 0 Å². The Hall–Kier alpha value is -0.890. The first-order valence-electron chi connectivity index (χ1n) is 8.69. The molecule has 2 nitrogen and oxygen atoms in total. The van der Waals surface area contributed by atoms with E-state index < -0.39 is 0 Å². The van der Waals surface area contributed by atoms with Gasteiger partial charge in [0.15, 0.2) is 0 Å². The van der Waals surface area contributed by atoms with Gasteiger partial charge in [-0.15, -0.1) is 0 Å². The van der Waals surface area contributed by atoms with Crippen LogP contribution in [0.25, 0.3) is 0 Å². The van der Waals surface area contributed by atoms with Crippen LogP contribution in [0.15, 0.2) is 12.1 Å². The van der Waals surface area contributed by atoms with Crippen molar-refractivity contribution >= 4 is 0 Å². The molecule has 1 saturated carbocycles. The van der Waals surface area contributed by atoms with Crippen molar-refractivity contribution in [3.63, 3.8) is 0 Å². The number of hydrogen-bond donors (Lipinski definition) is 1. The number of pyridine rings is 1. The van der Waals surface area contributed by atoms with Crippen LogP contribution in [-0.4, -0.2) is 11.5 Å². The molecule has 1 aromatic heterocycles. The van der Waals surface area contributed by atoms with E-state index in [0.29, 0.717) is 6.04 Å². The number of nitrogens with zero attached hydrogens (tertiary/aromatic N) is 1. The van der Waals surface area contributed by atoms with Crippen LogP contribution in [0.5, 0.6) is 0 Å². The van der Waals surface area contributed by atoms with E-state index in [9.17, 15) is 0 Å². The third kappa shape index (κ3) is 4.29. The zero-order valence-corrected chi connectivity index (χ0v) is 14.4. The van der Waals surface area contributed by atoms with Gasteiger partial charge in [0.2, 0.25) is 0 Å². The molecule has 1 N–H and O–H groups in total. The van der Waals surface area contributed by atoms with Crippen molar-refractivity contribution in [3.05, 3.63) is 29.1 Å². The molecule has 4 unspecified atom stereocenters. The molecule has 21 heavy (non-hydrogen) atoms. The average Bonchev–Trinajstić information content (AvgIpc) is 2.42. The van der Waals surface area contributed by atoms with Gasteiger partial charge < -0.3 is 5.32 Å². The van der Waals surface area contributed by atoms with Gasteiger partial charge in [0, 0.05) is 17.4 Å². The smallest absolute Gasteiger partial charge is 0.0379 e. The van der Waals surface area contributed by atoms with Crippen molar-refractivity contribution < 1.29 is 0 Å². The van der Waals surface area contributed by atoms with Gasteiger partial charge in [0.05, 0.1) is 0 Å². The van der Waals surface area contributed by atoms with Gasteiger partial charge in [-0.05, 0) is 75.1 Å². The average molecular weight is 288 g/mol. The largest absolute Gasteiger partial charge is 0.310 e. The first-order chi connectivity index (χ1) is 10.0. The van der Waals surface area contributed by atoms with Crippen LogP contribution >= 0.6 is 0 Å². The first kappa shape index (κ1) is 16.5. The molecule has 1 heterocycles. The molecule has 2 heteroatoms. The van der Waals surface area contributed by atoms with Gasteiger partial charge in [0.1, 0.15) is 0 Å². The topological polar surface area (TPSA) is 24.9 Å². The van der Waals surface area contributed by atoms with Crippen LogP contribution in [0.4, 0.5) is 0 Å². The monoisotopic (exact) mass is 288 g/mol. The lowest BCUT2D eigenvalue weighted by molar-refractivity contribution is 0.171. The summed E-state index contributed by atoms with van der Waals surface area (Å²) in [4.78, 5) is 4.54. The van der Waals surface area contributed by atoms with E-state index in [4.69, 9.17) is 0 Å². The van der Waals surface area contributed by atoms with E-state index in [2.05, 4.69) is 57.1 Å². The maximum absolute atomic E-state index is 4.54. The van der Waals surface area contributed by atoms with Crippen molar-refractivity contribution in [1.29, 1.82) is 0 Å². The Morgan fingerprint density at radius 2 is 1.81 bits per heavy atom. The summed E-state index contributed by atoms with van der Waals surface area (Å²) in [5.74, 6) is 2.50. The molecule has 0 aromatic carbocycles. The normalized spacial score (nSPS) is 27.6. The fourth-order valence-electron chi connectivity index (χ4n) is 3.79. The summed E-state index contributed by atoms with van der Waals surface area (Å²) >= 11 is 0. The second-order valence-electron chi connectivity index (χ2n) is 7.14. The summed E-state index contributed by atoms with van der Waals surface area (Å²) in [6.45, 7) is 12.4. The lowest BCUT2D eigenvalue weighted by Gasteiger charge is -2.37. The molecule has 1 aromatic rings. The van der Waals surface area contributed by atoms with Crippen LogP contribution in [0, 0.1) is 31.6 Å². The number of aryl methyl sites for hydroxylation is 2. The van der Waals surface area contributed by atoms with Crippen LogP contribution in [0.2, 0.25) is 0 Å². The lowest BCUT2D eigenvalue weighted by atomic mass is 9.72. The highest BCUT2D eigenvalue weighted by Gasteiger charge is 2.30. The van der Waals surface area contributed by atoms with Crippen molar-refractivity contribution in [1.82, 2.24) is 10.3 Å². The minimum Gasteiger partial charge on any atom is -0.310 e. The molecule has 0 bridgehead atoms. The minimum atomic E-state index is 0.500. The molecular weight excluding hydrogens is 256 g/mol. The van der Waals surface area contributed by atoms with E-state index >= 15 is 0 Å². The summed E-state index contributed by atoms with van der Waals surface area (Å²) in [6, 6.07) is 5.06. The lowest BCUT2D eigenvalue weighted by Crippen LogP contribution is -2.33. The molecule has 4 atom stereocenters. The van der Waals surface area contributed by atoms with Crippen molar-refractivity contribution in [2.75, 3.05) is 6.54 Å². The summed E-state index contributed by atoms with van der Waals surface area (Å²) in [6.07, 6.45) is 5.27. The Bertz CT molecular complexity index is 435. The number of nitrogens with one attached hydrogen (secondary N) is 1. The molecule has 0 saturated heterocycles. The van der Waals surface area contributed by atoms with Crippen LogP contribution in [-0.2, 0) is 0 Å².